The Labute approximate surface area is 140 Å². The highest BCUT2D eigenvalue weighted by molar-refractivity contribution is 9.10. The zero-order valence-corrected chi connectivity index (χ0v) is 14.7. The molecule has 1 fully saturated rings. The van der Waals surface area contributed by atoms with Crippen LogP contribution in [0.4, 0.5) is 5.13 Å². The molecule has 22 heavy (non-hydrogen) atoms. The van der Waals surface area contributed by atoms with Gasteiger partial charge in [-0.05, 0) is 18.6 Å². The molecule has 0 radical (unpaired) electrons. The molecule has 1 aromatic carbocycles. The Hall–Kier alpha value is -1.25. The molecule has 8 heteroatoms. The molecular formula is C14H13BrN2O3S2. The summed E-state index contributed by atoms with van der Waals surface area (Å²) in [5.41, 5.74) is 1.73. The van der Waals surface area contributed by atoms with Gasteiger partial charge in [0.2, 0.25) is 5.91 Å². The van der Waals surface area contributed by atoms with E-state index in [2.05, 4.69) is 26.2 Å². The molecule has 1 N–H and O–H groups in total. The van der Waals surface area contributed by atoms with Gasteiger partial charge in [0.05, 0.1) is 23.1 Å². The minimum atomic E-state index is -3.06. The van der Waals surface area contributed by atoms with E-state index in [1.807, 2.05) is 29.6 Å². The molecule has 3 rings (SSSR count). The summed E-state index contributed by atoms with van der Waals surface area (Å²) in [6, 6.07) is 7.73. The van der Waals surface area contributed by atoms with Crippen molar-refractivity contribution >= 4 is 48.1 Å². The molecule has 1 aliphatic rings. The molecule has 1 aromatic heterocycles. The van der Waals surface area contributed by atoms with Crippen LogP contribution in [0.3, 0.4) is 0 Å². The minimum absolute atomic E-state index is 0.0668. The molecule has 0 bridgehead atoms. The summed E-state index contributed by atoms with van der Waals surface area (Å²) in [5.74, 6) is -0.714. The SMILES string of the molecule is O=C(Nc1nc(-c2cccc(Br)c2)cs1)C1CCS(=O)(=O)C1. The number of hydrogen-bond acceptors (Lipinski definition) is 5. The van der Waals surface area contributed by atoms with Crippen molar-refractivity contribution in [2.45, 2.75) is 6.42 Å². The summed E-state index contributed by atoms with van der Waals surface area (Å²) >= 11 is 4.74. The summed E-state index contributed by atoms with van der Waals surface area (Å²) in [7, 11) is -3.06. The molecule has 1 aliphatic heterocycles. The van der Waals surface area contributed by atoms with Crippen molar-refractivity contribution in [3.8, 4) is 11.3 Å². The maximum Gasteiger partial charge on any atom is 0.230 e. The first kappa shape index (κ1) is 15.6. The number of rotatable bonds is 3. The number of nitrogens with one attached hydrogen (secondary N) is 1. The molecule has 2 heterocycles. The Bertz CT molecular complexity index is 817. The molecule has 1 unspecified atom stereocenters. The van der Waals surface area contributed by atoms with Gasteiger partial charge in [-0.15, -0.1) is 11.3 Å². The molecule has 0 saturated carbocycles. The van der Waals surface area contributed by atoms with Gasteiger partial charge in [0.25, 0.3) is 0 Å². The largest absolute Gasteiger partial charge is 0.302 e. The first-order chi connectivity index (χ1) is 10.4. The average molecular weight is 401 g/mol. The summed E-state index contributed by atoms with van der Waals surface area (Å²) in [6.45, 7) is 0. The number of carbonyl (C=O) groups is 1. The lowest BCUT2D eigenvalue weighted by molar-refractivity contribution is -0.119. The molecule has 1 saturated heterocycles. The Morgan fingerprint density at radius 3 is 2.91 bits per heavy atom. The van der Waals surface area contributed by atoms with Gasteiger partial charge in [0.1, 0.15) is 0 Å². The normalized spacial score (nSPS) is 20.0. The van der Waals surface area contributed by atoms with Crippen LogP contribution < -0.4 is 5.32 Å². The number of sulfone groups is 1. The number of benzene rings is 1. The number of nitrogens with zero attached hydrogens (tertiary/aromatic N) is 1. The maximum absolute atomic E-state index is 12.1. The Morgan fingerprint density at radius 1 is 1.41 bits per heavy atom. The van der Waals surface area contributed by atoms with Crippen LogP contribution in [0.5, 0.6) is 0 Å². The van der Waals surface area contributed by atoms with Gasteiger partial charge in [-0.3, -0.25) is 4.79 Å². The number of hydrogen-bond donors (Lipinski definition) is 1. The van der Waals surface area contributed by atoms with Gasteiger partial charge >= 0.3 is 0 Å². The van der Waals surface area contributed by atoms with Gasteiger partial charge in [0, 0.05) is 15.4 Å². The van der Waals surface area contributed by atoms with Crippen molar-refractivity contribution in [1.82, 2.24) is 4.98 Å². The average Bonchev–Trinajstić information content (AvgIpc) is 3.05. The summed E-state index contributed by atoms with van der Waals surface area (Å²) in [4.78, 5) is 16.5. The summed E-state index contributed by atoms with van der Waals surface area (Å²) in [5, 5.41) is 5.07. The fourth-order valence-electron chi connectivity index (χ4n) is 2.32. The van der Waals surface area contributed by atoms with E-state index in [-0.39, 0.29) is 17.4 Å². The number of amides is 1. The number of aromatic nitrogens is 1. The van der Waals surface area contributed by atoms with Crippen molar-refractivity contribution < 1.29 is 13.2 Å². The fourth-order valence-corrected chi connectivity index (χ4v) is 5.18. The van der Waals surface area contributed by atoms with Crippen LogP contribution in [0.1, 0.15) is 6.42 Å². The molecule has 0 aliphatic carbocycles. The van der Waals surface area contributed by atoms with Crippen molar-refractivity contribution in [2.24, 2.45) is 5.92 Å². The molecule has 2 aromatic rings. The molecular weight excluding hydrogens is 388 g/mol. The molecule has 116 valence electrons. The Morgan fingerprint density at radius 2 is 2.23 bits per heavy atom. The van der Waals surface area contributed by atoms with Crippen LogP contribution in [-0.2, 0) is 14.6 Å². The van der Waals surface area contributed by atoms with E-state index in [9.17, 15) is 13.2 Å². The first-order valence-corrected chi connectivity index (χ1v) is 10.2. The predicted octanol–water partition coefficient (Wildman–Crippen LogP) is 2.95. The minimum Gasteiger partial charge on any atom is -0.302 e. The van der Waals surface area contributed by atoms with Crippen LogP contribution in [0.2, 0.25) is 0 Å². The summed E-state index contributed by atoms with van der Waals surface area (Å²) < 4.78 is 23.8. The first-order valence-electron chi connectivity index (χ1n) is 6.66. The molecule has 1 atom stereocenters. The highest BCUT2D eigenvalue weighted by Crippen LogP contribution is 2.28. The van der Waals surface area contributed by atoms with E-state index in [4.69, 9.17) is 0 Å². The van der Waals surface area contributed by atoms with Crippen molar-refractivity contribution in [2.75, 3.05) is 16.8 Å². The lowest BCUT2D eigenvalue weighted by atomic mass is 10.1. The highest BCUT2D eigenvalue weighted by atomic mass is 79.9. The number of carbonyl (C=O) groups excluding carboxylic acids is 1. The third-order valence-electron chi connectivity index (χ3n) is 3.46. The van der Waals surface area contributed by atoms with Gasteiger partial charge in [-0.2, -0.15) is 0 Å². The quantitative estimate of drug-likeness (QED) is 0.858. The number of thiazole rings is 1. The lowest BCUT2D eigenvalue weighted by Gasteiger charge is -2.06. The van der Waals surface area contributed by atoms with Gasteiger partial charge < -0.3 is 5.32 Å². The third kappa shape index (κ3) is 3.56. The molecule has 5 nitrogen and oxygen atoms in total. The van der Waals surface area contributed by atoms with E-state index in [1.54, 1.807) is 0 Å². The smallest absolute Gasteiger partial charge is 0.230 e. The van der Waals surface area contributed by atoms with Crippen LogP contribution in [0.15, 0.2) is 34.1 Å². The van der Waals surface area contributed by atoms with Crippen LogP contribution in [0, 0.1) is 5.92 Å². The van der Waals surface area contributed by atoms with Crippen LogP contribution in [0.25, 0.3) is 11.3 Å². The third-order valence-corrected chi connectivity index (χ3v) is 6.48. The van der Waals surface area contributed by atoms with Crippen LogP contribution in [-0.4, -0.2) is 30.8 Å². The van der Waals surface area contributed by atoms with E-state index < -0.39 is 15.8 Å². The lowest BCUT2D eigenvalue weighted by Crippen LogP contribution is -2.23. The zero-order chi connectivity index (χ0) is 15.7. The second kappa shape index (κ2) is 6.10. The predicted molar refractivity (Wildman–Crippen MR) is 90.6 cm³/mol. The standard InChI is InChI=1S/C14H13BrN2O3S2/c15-11-3-1-2-9(6-11)12-7-21-14(16-12)17-13(18)10-4-5-22(19,20)8-10/h1-3,6-7,10H,4-5,8H2,(H,16,17,18). The second-order valence-corrected chi connectivity index (χ2v) is 9.14. The van der Waals surface area contributed by atoms with E-state index in [0.717, 1.165) is 15.7 Å². The van der Waals surface area contributed by atoms with Gasteiger partial charge in [-0.1, -0.05) is 28.1 Å². The number of halogens is 1. The molecule has 1 amide bonds. The highest BCUT2D eigenvalue weighted by Gasteiger charge is 2.33. The van der Waals surface area contributed by atoms with Gasteiger partial charge in [-0.25, -0.2) is 13.4 Å². The zero-order valence-electron chi connectivity index (χ0n) is 11.5. The topological polar surface area (TPSA) is 76.1 Å². The monoisotopic (exact) mass is 400 g/mol. The van der Waals surface area contributed by atoms with E-state index >= 15 is 0 Å². The Kier molecular flexibility index (Phi) is 4.33. The maximum atomic E-state index is 12.1. The van der Waals surface area contributed by atoms with E-state index in [1.165, 1.54) is 11.3 Å². The Balaban J connectivity index is 1.71. The van der Waals surface area contributed by atoms with Crippen molar-refractivity contribution in [3.63, 3.8) is 0 Å². The van der Waals surface area contributed by atoms with Gasteiger partial charge in [0.15, 0.2) is 15.0 Å². The second-order valence-electron chi connectivity index (χ2n) is 5.14. The number of anilines is 1. The fraction of sp³-hybridized carbons (Fsp3) is 0.286. The molecule has 0 spiro atoms. The van der Waals surface area contributed by atoms with Crippen LogP contribution >= 0.6 is 27.3 Å². The van der Waals surface area contributed by atoms with Crippen molar-refractivity contribution in [3.05, 3.63) is 34.1 Å². The van der Waals surface area contributed by atoms with Crippen molar-refractivity contribution in [1.29, 1.82) is 0 Å². The summed E-state index contributed by atoms with van der Waals surface area (Å²) in [6.07, 6.45) is 0.387. The van der Waals surface area contributed by atoms with E-state index in [0.29, 0.717) is 11.6 Å².